The highest BCUT2D eigenvalue weighted by Crippen LogP contribution is 2.60. The summed E-state index contributed by atoms with van der Waals surface area (Å²) in [5, 5.41) is 13.7. The SMILES string of the molecule is CCn1cc(C2C3CC4CC(C3)CC2C4)c(C(=O)O)n1. The van der Waals surface area contributed by atoms with E-state index in [1.54, 1.807) is 4.68 Å². The number of carboxylic acid groups (broad SMARTS) is 1. The van der Waals surface area contributed by atoms with Crippen LogP contribution in [0.15, 0.2) is 6.20 Å². The van der Waals surface area contributed by atoms with E-state index in [1.165, 1.54) is 32.1 Å². The highest BCUT2D eigenvalue weighted by molar-refractivity contribution is 5.87. The van der Waals surface area contributed by atoms with Gasteiger partial charge in [0, 0.05) is 18.3 Å². The van der Waals surface area contributed by atoms with Crippen LogP contribution in [0.5, 0.6) is 0 Å². The molecule has 4 aliphatic carbocycles. The van der Waals surface area contributed by atoms with Crippen LogP contribution >= 0.6 is 0 Å². The first-order chi connectivity index (χ1) is 9.65. The number of carbonyl (C=O) groups is 1. The van der Waals surface area contributed by atoms with Gasteiger partial charge in [0.25, 0.3) is 0 Å². The third-order valence-electron chi connectivity index (χ3n) is 5.90. The van der Waals surface area contributed by atoms with E-state index in [-0.39, 0.29) is 0 Å². The van der Waals surface area contributed by atoms with Crippen LogP contribution in [0.1, 0.15) is 61.0 Å². The zero-order chi connectivity index (χ0) is 13.9. The third-order valence-corrected chi connectivity index (χ3v) is 5.90. The number of hydrogen-bond acceptors (Lipinski definition) is 2. The molecule has 4 heteroatoms. The van der Waals surface area contributed by atoms with Crippen molar-refractivity contribution in [3.63, 3.8) is 0 Å². The summed E-state index contributed by atoms with van der Waals surface area (Å²) < 4.78 is 1.80. The molecular weight excluding hydrogens is 252 g/mol. The molecule has 0 unspecified atom stereocenters. The average Bonchev–Trinajstić information content (AvgIpc) is 2.81. The molecule has 108 valence electrons. The molecule has 0 radical (unpaired) electrons. The fourth-order valence-corrected chi connectivity index (χ4v) is 5.44. The maximum absolute atomic E-state index is 11.5. The molecule has 1 heterocycles. The molecule has 4 aliphatic rings. The second-order valence-corrected chi connectivity index (χ2v) is 7.05. The molecule has 20 heavy (non-hydrogen) atoms. The van der Waals surface area contributed by atoms with E-state index in [9.17, 15) is 9.90 Å². The lowest BCUT2D eigenvalue weighted by Crippen LogP contribution is -2.44. The summed E-state index contributed by atoms with van der Waals surface area (Å²) in [6.45, 7) is 2.76. The van der Waals surface area contributed by atoms with Crippen LogP contribution in [0.4, 0.5) is 0 Å². The van der Waals surface area contributed by atoms with E-state index in [4.69, 9.17) is 0 Å². The van der Waals surface area contributed by atoms with Crippen LogP contribution in [-0.2, 0) is 6.54 Å². The van der Waals surface area contributed by atoms with Gasteiger partial charge in [-0.15, -0.1) is 0 Å². The Bertz CT molecular complexity index is 521. The molecule has 4 saturated carbocycles. The predicted molar refractivity (Wildman–Crippen MR) is 74.6 cm³/mol. The average molecular weight is 274 g/mol. The highest BCUT2D eigenvalue weighted by Gasteiger charge is 2.49. The lowest BCUT2D eigenvalue weighted by Gasteiger charge is -2.54. The summed E-state index contributed by atoms with van der Waals surface area (Å²) in [7, 11) is 0. The zero-order valence-corrected chi connectivity index (χ0v) is 12.0. The zero-order valence-electron chi connectivity index (χ0n) is 12.0. The van der Waals surface area contributed by atoms with Gasteiger partial charge in [0.05, 0.1) is 0 Å². The standard InChI is InChI=1S/C16H22N2O2/c1-2-18-8-13(15(17-18)16(19)20)14-11-4-9-3-10(6-11)7-12(14)5-9/h8-12,14H,2-7H2,1H3,(H,19,20). The molecule has 4 nitrogen and oxygen atoms in total. The van der Waals surface area contributed by atoms with E-state index in [0.29, 0.717) is 23.4 Å². The predicted octanol–water partition coefficient (Wildman–Crippen LogP) is 3.14. The Hall–Kier alpha value is -1.32. The van der Waals surface area contributed by atoms with Crippen molar-refractivity contribution in [1.29, 1.82) is 0 Å². The van der Waals surface area contributed by atoms with Gasteiger partial charge in [-0.1, -0.05) is 0 Å². The third kappa shape index (κ3) is 1.73. The maximum Gasteiger partial charge on any atom is 0.356 e. The minimum Gasteiger partial charge on any atom is -0.476 e. The van der Waals surface area contributed by atoms with Crippen molar-refractivity contribution in [2.75, 3.05) is 0 Å². The molecule has 0 aliphatic heterocycles. The molecule has 0 spiro atoms. The van der Waals surface area contributed by atoms with Crippen molar-refractivity contribution in [2.24, 2.45) is 23.7 Å². The van der Waals surface area contributed by atoms with Crippen LogP contribution in [0.2, 0.25) is 0 Å². The quantitative estimate of drug-likeness (QED) is 0.921. The molecule has 0 atom stereocenters. The Labute approximate surface area is 119 Å². The van der Waals surface area contributed by atoms with Gasteiger partial charge in [0.15, 0.2) is 5.69 Å². The largest absolute Gasteiger partial charge is 0.476 e. The maximum atomic E-state index is 11.5. The lowest BCUT2D eigenvalue weighted by molar-refractivity contribution is -0.00317. The van der Waals surface area contributed by atoms with Gasteiger partial charge in [0.2, 0.25) is 0 Å². The number of hydrogen-bond donors (Lipinski definition) is 1. The minimum absolute atomic E-state index is 0.310. The Balaban J connectivity index is 1.74. The Morgan fingerprint density at radius 3 is 2.35 bits per heavy atom. The first kappa shape index (κ1) is 12.4. The van der Waals surface area contributed by atoms with Gasteiger partial charge in [-0.05, 0) is 68.6 Å². The number of aryl methyl sites for hydroxylation is 1. The fraction of sp³-hybridized carbons (Fsp3) is 0.750. The monoisotopic (exact) mass is 274 g/mol. The van der Waals surface area contributed by atoms with Crippen molar-refractivity contribution >= 4 is 5.97 Å². The Kier molecular flexibility index (Phi) is 2.69. The van der Waals surface area contributed by atoms with Crippen LogP contribution < -0.4 is 0 Å². The van der Waals surface area contributed by atoms with Gasteiger partial charge in [0.1, 0.15) is 0 Å². The molecule has 0 amide bonds. The normalized spacial score (nSPS) is 38.4. The first-order valence-electron chi connectivity index (χ1n) is 7.96. The molecule has 0 saturated heterocycles. The molecule has 1 aromatic rings. The molecule has 1 N–H and O–H groups in total. The summed E-state index contributed by atoms with van der Waals surface area (Å²) >= 11 is 0. The molecular formula is C16H22N2O2. The van der Waals surface area contributed by atoms with Crippen molar-refractivity contribution in [3.05, 3.63) is 17.5 Å². The van der Waals surface area contributed by atoms with E-state index in [2.05, 4.69) is 5.10 Å². The molecule has 4 bridgehead atoms. The van der Waals surface area contributed by atoms with E-state index in [1.807, 2.05) is 13.1 Å². The minimum atomic E-state index is -0.860. The number of aromatic nitrogens is 2. The number of nitrogens with zero attached hydrogens (tertiary/aromatic N) is 2. The van der Waals surface area contributed by atoms with E-state index < -0.39 is 5.97 Å². The smallest absolute Gasteiger partial charge is 0.356 e. The van der Waals surface area contributed by atoms with Crippen LogP contribution in [0.25, 0.3) is 0 Å². The van der Waals surface area contributed by atoms with Crippen molar-refractivity contribution < 1.29 is 9.90 Å². The van der Waals surface area contributed by atoms with Crippen molar-refractivity contribution in [1.82, 2.24) is 9.78 Å². The van der Waals surface area contributed by atoms with Crippen LogP contribution in [-0.4, -0.2) is 20.9 Å². The summed E-state index contributed by atoms with van der Waals surface area (Å²) in [4.78, 5) is 11.5. The number of rotatable bonds is 3. The molecule has 1 aromatic heterocycles. The lowest BCUT2D eigenvalue weighted by atomic mass is 9.51. The first-order valence-corrected chi connectivity index (χ1v) is 7.96. The second-order valence-electron chi connectivity index (χ2n) is 7.05. The Morgan fingerprint density at radius 1 is 1.25 bits per heavy atom. The fourth-order valence-electron chi connectivity index (χ4n) is 5.44. The summed E-state index contributed by atoms with van der Waals surface area (Å²) in [6.07, 6.45) is 8.69. The molecule has 4 fully saturated rings. The molecule has 5 rings (SSSR count). The number of carboxylic acids is 1. The van der Waals surface area contributed by atoms with Crippen LogP contribution in [0, 0.1) is 23.7 Å². The van der Waals surface area contributed by atoms with Gasteiger partial charge >= 0.3 is 5.97 Å². The van der Waals surface area contributed by atoms with Gasteiger partial charge in [-0.3, -0.25) is 4.68 Å². The van der Waals surface area contributed by atoms with Crippen molar-refractivity contribution in [3.8, 4) is 0 Å². The van der Waals surface area contributed by atoms with Crippen molar-refractivity contribution in [2.45, 2.75) is 51.5 Å². The summed E-state index contributed by atoms with van der Waals surface area (Å²) in [5.41, 5.74) is 1.33. The van der Waals surface area contributed by atoms with E-state index >= 15 is 0 Å². The van der Waals surface area contributed by atoms with E-state index in [0.717, 1.165) is 23.9 Å². The second kappa shape index (κ2) is 4.34. The summed E-state index contributed by atoms with van der Waals surface area (Å²) in [6, 6.07) is 0. The van der Waals surface area contributed by atoms with Gasteiger partial charge < -0.3 is 5.11 Å². The topological polar surface area (TPSA) is 55.1 Å². The van der Waals surface area contributed by atoms with Gasteiger partial charge in [-0.25, -0.2) is 4.79 Å². The highest BCUT2D eigenvalue weighted by atomic mass is 16.4. The molecule has 0 aromatic carbocycles. The summed E-state index contributed by atoms with van der Waals surface area (Å²) in [5.74, 6) is 2.85. The van der Waals surface area contributed by atoms with Crippen LogP contribution in [0.3, 0.4) is 0 Å². The Morgan fingerprint density at radius 2 is 1.85 bits per heavy atom. The van der Waals surface area contributed by atoms with Gasteiger partial charge in [-0.2, -0.15) is 5.10 Å². The number of aromatic carboxylic acids is 1.